The molecule has 2 aromatic rings. The normalized spacial score (nSPS) is 11.1. The fourth-order valence-electron chi connectivity index (χ4n) is 1.69. The monoisotopic (exact) mass is 330 g/mol. The van der Waals surface area contributed by atoms with Crippen LogP contribution in [0.1, 0.15) is 15.9 Å². The van der Waals surface area contributed by atoms with Gasteiger partial charge in [0, 0.05) is 5.56 Å². The Morgan fingerprint density at radius 1 is 1.14 bits per heavy atom. The van der Waals surface area contributed by atoms with Crippen molar-refractivity contribution in [3.63, 3.8) is 0 Å². The van der Waals surface area contributed by atoms with Crippen LogP contribution >= 0.6 is 11.6 Å². The van der Waals surface area contributed by atoms with E-state index in [1.165, 1.54) is 12.1 Å². The number of rotatable bonds is 5. The third-order valence-corrected chi connectivity index (χ3v) is 2.92. The fraction of sp³-hybridized carbons (Fsp3) is 0.133. The number of ether oxygens (including phenoxy) is 2. The molecule has 7 heteroatoms. The lowest BCUT2D eigenvalue weighted by Gasteiger charge is -2.12. The van der Waals surface area contributed by atoms with Gasteiger partial charge in [-0.25, -0.2) is 0 Å². The summed E-state index contributed by atoms with van der Waals surface area (Å²) >= 11 is 5.74. The molecule has 0 unspecified atom stereocenters. The summed E-state index contributed by atoms with van der Waals surface area (Å²) in [4.78, 5) is 10.7. The average Bonchev–Trinajstić information content (AvgIpc) is 2.46. The van der Waals surface area contributed by atoms with E-state index < -0.39 is 12.1 Å². The zero-order valence-corrected chi connectivity index (χ0v) is 11.8. The van der Waals surface area contributed by atoms with Crippen LogP contribution in [0.5, 0.6) is 11.5 Å². The lowest BCUT2D eigenvalue weighted by Crippen LogP contribution is -2.17. The molecule has 0 heterocycles. The Balaban J connectivity index is 2.04. The molecule has 0 saturated heterocycles. The molecule has 0 bridgehead atoms. The van der Waals surface area contributed by atoms with E-state index in [4.69, 9.17) is 16.3 Å². The Labute approximate surface area is 129 Å². The highest BCUT2D eigenvalue weighted by Gasteiger charge is 2.32. The Kier molecular flexibility index (Phi) is 4.92. The second kappa shape index (κ2) is 6.70. The summed E-state index contributed by atoms with van der Waals surface area (Å²) in [6.45, 7) is 0.0916. The van der Waals surface area contributed by atoms with E-state index in [0.29, 0.717) is 23.2 Å². The number of benzene rings is 2. The van der Waals surface area contributed by atoms with Gasteiger partial charge in [0.2, 0.25) is 0 Å². The van der Waals surface area contributed by atoms with Crippen molar-refractivity contribution in [2.75, 3.05) is 0 Å². The SMILES string of the molecule is O=Cc1cccc(OCc2ccc(OC(F)(F)F)c(Cl)c2)c1. The minimum absolute atomic E-state index is 0.0916. The Bertz CT molecular complexity index is 671. The van der Waals surface area contributed by atoms with Crippen LogP contribution < -0.4 is 9.47 Å². The predicted molar refractivity (Wildman–Crippen MR) is 74.3 cm³/mol. The quantitative estimate of drug-likeness (QED) is 0.750. The summed E-state index contributed by atoms with van der Waals surface area (Å²) < 4.78 is 45.6. The van der Waals surface area contributed by atoms with Crippen LogP contribution in [0.15, 0.2) is 42.5 Å². The van der Waals surface area contributed by atoms with E-state index in [0.717, 1.165) is 6.07 Å². The minimum atomic E-state index is -4.79. The number of carbonyl (C=O) groups excluding carboxylic acids is 1. The van der Waals surface area contributed by atoms with Crippen LogP contribution in [-0.2, 0) is 6.61 Å². The van der Waals surface area contributed by atoms with Gasteiger partial charge in [0.1, 0.15) is 24.4 Å². The molecule has 2 rings (SSSR count). The molecule has 0 atom stereocenters. The maximum Gasteiger partial charge on any atom is 0.573 e. The van der Waals surface area contributed by atoms with E-state index in [9.17, 15) is 18.0 Å². The largest absolute Gasteiger partial charge is 0.573 e. The zero-order valence-electron chi connectivity index (χ0n) is 11.1. The molecule has 116 valence electrons. The third-order valence-electron chi connectivity index (χ3n) is 2.62. The highest BCUT2D eigenvalue weighted by atomic mass is 35.5. The molecule has 22 heavy (non-hydrogen) atoms. The van der Waals surface area contributed by atoms with E-state index in [1.807, 2.05) is 0 Å². The molecule has 0 spiro atoms. The first-order chi connectivity index (χ1) is 10.4. The zero-order chi connectivity index (χ0) is 16.2. The number of hydrogen-bond acceptors (Lipinski definition) is 3. The van der Waals surface area contributed by atoms with Crippen LogP contribution in [0.3, 0.4) is 0 Å². The fourth-order valence-corrected chi connectivity index (χ4v) is 1.93. The molecule has 0 fully saturated rings. The highest BCUT2D eigenvalue weighted by molar-refractivity contribution is 6.32. The van der Waals surface area contributed by atoms with E-state index in [1.54, 1.807) is 24.3 Å². The van der Waals surface area contributed by atoms with Crippen molar-refractivity contribution < 1.29 is 27.4 Å². The first kappa shape index (κ1) is 16.2. The van der Waals surface area contributed by atoms with Crippen molar-refractivity contribution in [2.24, 2.45) is 0 Å². The van der Waals surface area contributed by atoms with Gasteiger partial charge in [0.05, 0.1) is 5.02 Å². The summed E-state index contributed by atoms with van der Waals surface area (Å²) in [5.74, 6) is -0.00258. The number of hydrogen-bond donors (Lipinski definition) is 0. The molecule has 0 saturated carbocycles. The highest BCUT2D eigenvalue weighted by Crippen LogP contribution is 2.31. The van der Waals surface area contributed by atoms with Crippen LogP contribution in [0, 0.1) is 0 Å². The summed E-state index contributed by atoms with van der Waals surface area (Å²) in [5, 5.41) is -0.167. The van der Waals surface area contributed by atoms with Gasteiger partial charge in [0.15, 0.2) is 0 Å². The van der Waals surface area contributed by atoms with Gasteiger partial charge in [0.25, 0.3) is 0 Å². The first-order valence-electron chi connectivity index (χ1n) is 6.09. The lowest BCUT2D eigenvalue weighted by atomic mass is 10.2. The van der Waals surface area contributed by atoms with Gasteiger partial charge in [-0.2, -0.15) is 0 Å². The van der Waals surface area contributed by atoms with Crippen molar-refractivity contribution in [3.05, 3.63) is 58.6 Å². The Morgan fingerprint density at radius 2 is 1.91 bits per heavy atom. The summed E-state index contributed by atoms with van der Waals surface area (Å²) in [5.41, 5.74) is 1.03. The molecule has 0 amide bonds. The van der Waals surface area contributed by atoms with Crippen molar-refractivity contribution >= 4 is 17.9 Å². The number of alkyl halides is 3. The molecule has 3 nitrogen and oxygen atoms in total. The Morgan fingerprint density at radius 3 is 2.55 bits per heavy atom. The average molecular weight is 331 g/mol. The summed E-state index contributed by atoms with van der Waals surface area (Å²) in [6, 6.07) is 10.4. The molecule has 0 aliphatic carbocycles. The molecule has 0 aliphatic rings. The first-order valence-corrected chi connectivity index (χ1v) is 6.47. The molecule has 0 radical (unpaired) electrons. The molecule has 0 aromatic heterocycles. The second-order valence-corrected chi connectivity index (χ2v) is 4.70. The smallest absolute Gasteiger partial charge is 0.489 e. The molecular weight excluding hydrogens is 321 g/mol. The third kappa shape index (κ3) is 4.66. The van der Waals surface area contributed by atoms with Crippen LogP contribution in [0.4, 0.5) is 13.2 Å². The van der Waals surface area contributed by atoms with E-state index in [2.05, 4.69) is 4.74 Å². The van der Waals surface area contributed by atoms with Gasteiger partial charge in [-0.3, -0.25) is 4.79 Å². The van der Waals surface area contributed by atoms with Gasteiger partial charge >= 0.3 is 6.36 Å². The molecular formula is C15H10ClF3O3. The summed E-state index contributed by atoms with van der Waals surface area (Å²) in [6.07, 6.45) is -4.11. The molecule has 0 N–H and O–H groups in total. The van der Waals surface area contributed by atoms with Crippen molar-refractivity contribution in [3.8, 4) is 11.5 Å². The number of aldehydes is 1. The molecule has 2 aromatic carbocycles. The topological polar surface area (TPSA) is 35.5 Å². The maximum atomic E-state index is 12.1. The minimum Gasteiger partial charge on any atom is -0.489 e. The predicted octanol–water partition coefficient (Wildman–Crippen LogP) is 4.63. The van der Waals surface area contributed by atoms with Crippen molar-refractivity contribution in [2.45, 2.75) is 13.0 Å². The number of halogens is 4. The standard InChI is InChI=1S/C15H10ClF3O3/c16-13-7-11(4-5-14(13)22-15(17,18)19)9-21-12-3-1-2-10(6-12)8-20/h1-8H,9H2. The van der Waals surface area contributed by atoms with E-state index in [-0.39, 0.29) is 11.6 Å². The second-order valence-electron chi connectivity index (χ2n) is 4.29. The van der Waals surface area contributed by atoms with Crippen molar-refractivity contribution in [1.82, 2.24) is 0 Å². The lowest BCUT2D eigenvalue weighted by molar-refractivity contribution is -0.274. The van der Waals surface area contributed by atoms with Gasteiger partial charge in [-0.15, -0.1) is 13.2 Å². The Hall–Kier alpha value is -2.21. The van der Waals surface area contributed by atoms with Crippen molar-refractivity contribution in [1.29, 1.82) is 0 Å². The summed E-state index contributed by atoms with van der Waals surface area (Å²) in [7, 11) is 0. The van der Waals surface area contributed by atoms with Gasteiger partial charge in [-0.05, 0) is 29.8 Å². The van der Waals surface area contributed by atoms with Gasteiger partial charge in [-0.1, -0.05) is 29.8 Å². The molecule has 0 aliphatic heterocycles. The van der Waals surface area contributed by atoms with Crippen LogP contribution in [0.25, 0.3) is 0 Å². The van der Waals surface area contributed by atoms with Gasteiger partial charge < -0.3 is 9.47 Å². The number of carbonyl (C=O) groups is 1. The van der Waals surface area contributed by atoms with Crippen LogP contribution in [-0.4, -0.2) is 12.6 Å². The van der Waals surface area contributed by atoms with Crippen LogP contribution in [0.2, 0.25) is 5.02 Å². The maximum absolute atomic E-state index is 12.1. The van der Waals surface area contributed by atoms with E-state index >= 15 is 0 Å².